The first-order chi connectivity index (χ1) is 11.8. The summed E-state index contributed by atoms with van der Waals surface area (Å²) in [7, 11) is 0. The van der Waals surface area contributed by atoms with Crippen molar-refractivity contribution in [1.82, 2.24) is 0 Å². The number of allylic oxidation sites excluding steroid dienone is 1. The van der Waals surface area contributed by atoms with Gasteiger partial charge in [-0.3, -0.25) is 4.99 Å². The third-order valence-corrected chi connectivity index (χ3v) is 3.96. The minimum absolute atomic E-state index is 0.673. The molecule has 0 N–H and O–H groups in total. The third kappa shape index (κ3) is 3.72. The molecule has 0 aliphatic carbocycles. The van der Waals surface area contributed by atoms with Gasteiger partial charge < -0.3 is 4.74 Å². The highest BCUT2D eigenvalue weighted by Gasteiger charge is 2.13. The molecule has 0 atom stereocenters. The van der Waals surface area contributed by atoms with Crippen LogP contribution in [-0.2, 0) is 6.42 Å². The molecular weight excluding hydrogens is 296 g/mol. The van der Waals surface area contributed by atoms with E-state index >= 15 is 0 Å². The van der Waals surface area contributed by atoms with Crippen molar-refractivity contribution in [1.29, 1.82) is 5.26 Å². The Morgan fingerprint density at radius 1 is 1.17 bits per heavy atom. The molecule has 0 aromatic heterocycles. The maximum Gasteiger partial charge on any atom is 0.119 e. The molecule has 0 bridgehead atoms. The molecule has 2 aromatic carbocycles. The lowest BCUT2D eigenvalue weighted by molar-refractivity contribution is 0.317. The van der Waals surface area contributed by atoms with Crippen molar-refractivity contribution < 1.29 is 4.74 Å². The van der Waals surface area contributed by atoms with Gasteiger partial charge in [0.2, 0.25) is 0 Å². The van der Waals surface area contributed by atoms with Crippen LogP contribution in [0.2, 0.25) is 0 Å². The van der Waals surface area contributed by atoms with Crippen LogP contribution in [0.3, 0.4) is 0 Å². The molecular formula is C21H20N2O. The van der Waals surface area contributed by atoms with E-state index in [0.717, 1.165) is 43.0 Å². The number of ether oxygens (including phenoxy) is 1. The molecule has 0 spiro atoms. The highest BCUT2D eigenvalue weighted by Crippen LogP contribution is 2.23. The minimum atomic E-state index is 0.673. The molecule has 3 rings (SSSR count). The fourth-order valence-electron chi connectivity index (χ4n) is 2.70. The fraction of sp³-hybridized carbons (Fsp3) is 0.238. The molecule has 0 unspecified atom stereocenters. The second-order valence-electron chi connectivity index (χ2n) is 5.75. The zero-order valence-electron chi connectivity index (χ0n) is 13.8. The summed E-state index contributed by atoms with van der Waals surface area (Å²) in [4.78, 5) is 4.65. The van der Waals surface area contributed by atoms with Crippen molar-refractivity contribution in [2.24, 2.45) is 4.99 Å². The molecule has 3 heteroatoms. The first kappa shape index (κ1) is 16.0. The molecule has 3 nitrogen and oxygen atoms in total. The van der Waals surface area contributed by atoms with Gasteiger partial charge >= 0.3 is 0 Å². The van der Waals surface area contributed by atoms with Gasteiger partial charge in [0.15, 0.2) is 0 Å². The average molecular weight is 316 g/mol. The summed E-state index contributed by atoms with van der Waals surface area (Å²) in [5, 5.41) is 8.85. The number of aliphatic imine (C=N–C) groups is 1. The van der Waals surface area contributed by atoms with E-state index in [4.69, 9.17) is 10.00 Å². The Hall–Kier alpha value is -2.86. The predicted octanol–water partition coefficient (Wildman–Crippen LogP) is 4.41. The summed E-state index contributed by atoms with van der Waals surface area (Å²) in [6.07, 6.45) is 6.05. The van der Waals surface area contributed by atoms with Crippen LogP contribution >= 0.6 is 0 Å². The van der Waals surface area contributed by atoms with Crippen LogP contribution < -0.4 is 4.74 Å². The van der Waals surface area contributed by atoms with Gasteiger partial charge in [-0.15, -0.1) is 0 Å². The number of rotatable bonds is 5. The summed E-state index contributed by atoms with van der Waals surface area (Å²) < 4.78 is 5.72. The monoisotopic (exact) mass is 316 g/mol. The number of hydrogen-bond acceptors (Lipinski definition) is 3. The molecule has 1 aliphatic rings. The van der Waals surface area contributed by atoms with Crippen LogP contribution in [0.25, 0.3) is 6.08 Å². The SMILES string of the molecule is CCCOc1ccc2c(c1)CCN=C2/C=C/c1ccc(C#N)cc1. The van der Waals surface area contributed by atoms with E-state index in [1.54, 1.807) is 0 Å². The van der Waals surface area contributed by atoms with Crippen molar-refractivity contribution in [3.8, 4) is 11.8 Å². The van der Waals surface area contributed by atoms with Crippen molar-refractivity contribution in [3.05, 3.63) is 70.8 Å². The predicted molar refractivity (Wildman–Crippen MR) is 97.5 cm³/mol. The number of nitrogens with zero attached hydrogens (tertiary/aromatic N) is 2. The van der Waals surface area contributed by atoms with Gasteiger partial charge in [-0.25, -0.2) is 0 Å². The zero-order valence-corrected chi connectivity index (χ0v) is 13.8. The first-order valence-electron chi connectivity index (χ1n) is 8.29. The van der Waals surface area contributed by atoms with Crippen LogP contribution in [0.1, 0.15) is 35.6 Å². The fourth-order valence-corrected chi connectivity index (χ4v) is 2.70. The quantitative estimate of drug-likeness (QED) is 0.820. The zero-order chi connectivity index (χ0) is 16.8. The van der Waals surface area contributed by atoms with Crippen LogP contribution in [0.4, 0.5) is 0 Å². The first-order valence-corrected chi connectivity index (χ1v) is 8.29. The normalized spacial score (nSPS) is 13.2. The standard InChI is InChI=1S/C21H20N2O/c1-2-13-24-19-8-9-20-18(14-19)11-12-23-21(20)10-7-16-3-5-17(15-22)6-4-16/h3-10,14H,2,11-13H2,1H3/b10-7+. The highest BCUT2D eigenvalue weighted by atomic mass is 16.5. The van der Waals surface area contributed by atoms with Crippen LogP contribution in [0.15, 0.2) is 53.5 Å². The maximum atomic E-state index is 8.85. The smallest absolute Gasteiger partial charge is 0.119 e. The van der Waals surface area contributed by atoms with Crippen LogP contribution in [0, 0.1) is 11.3 Å². The molecule has 1 aliphatic heterocycles. The van der Waals surface area contributed by atoms with Crippen molar-refractivity contribution >= 4 is 11.8 Å². The van der Waals surface area contributed by atoms with E-state index in [0.29, 0.717) is 5.56 Å². The summed E-state index contributed by atoms with van der Waals surface area (Å²) >= 11 is 0. The lowest BCUT2D eigenvalue weighted by Crippen LogP contribution is -2.11. The topological polar surface area (TPSA) is 45.4 Å². The van der Waals surface area contributed by atoms with E-state index in [1.165, 1.54) is 11.1 Å². The van der Waals surface area contributed by atoms with E-state index in [-0.39, 0.29) is 0 Å². The highest BCUT2D eigenvalue weighted by molar-refractivity contribution is 6.12. The van der Waals surface area contributed by atoms with Gasteiger partial charge in [-0.05, 0) is 60.4 Å². The Morgan fingerprint density at radius 3 is 2.75 bits per heavy atom. The summed E-state index contributed by atoms with van der Waals surface area (Å²) in [5.41, 5.74) is 5.20. The number of fused-ring (bicyclic) bond motifs is 1. The largest absolute Gasteiger partial charge is 0.494 e. The molecule has 0 fully saturated rings. The average Bonchev–Trinajstić information content (AvgIpc) is 2.64. The number of hydrogen-bond donors (Lipinski definition) is 0. The molecule has 0 amide bonds. The van der Waals surface area contributed by atoms with Gasteiger partial charge in [-0.1, -0.05) is 25.1 Å². The lowest BCUT2D eigenvalue weighted by atomic mass is 9.96. The Balaban J connectivity index is 1.79. The third-order valence-electron chi connectivity index (χ3n) is 3.96. The molecule has 24 heavy (non-hydrogen) atoms. The van der Waals surface area contributed by atoms with Gasteiger partial charge in [-0.2, -0.15) is 5.26 Å². The van der Waals surface area contributed by atoms with Crippen molar-refractivity contribution in [2.75, 3.05) is 13.2 Å². The van der Waals surface area contributed by atoms with Crippen molar-refractivity contribution in [2.45, 2.75) is 19.8 Å². The molecule has 0 saturated carbocycles. The summed E-state index contributed by atoms with van der Waals surface area (Å²) in [5.74, 6) is 0.938. The van der Waals surface area contributed by atoms with Crippen molar-refractivity contribution in [3.63, 3.8) is 0 Å². The Morgan fingerprint density at radius 2 is 2.00 bits per heavy atom. The van der Waals surface area contributed by atoms with Crippen LogP contribution in [-0.4, -0.2) is 18.9 Å². The van der Waals surface area contributed by atoms with E-state index in [9.17, 15) is 0 Å². The number of benzene rings is 2. The van der Waals surface area contributed by atoms with E-state index in [2.05, 4.69) is 30.1 Å². The second kappa shape index (κ2) is 7.61. The number of nitriles is 1. The second-order valence-corrected chi connectivity index (χ2v) is 5.75. The minimum Gasteiger partial charge on any atom is -0.494 e. The van der Waals surface area contributed by atoms with Gasteiger partial charge in [0.1, 0.15) is 5.75 Å². The molecule has 120 valence electrons. The lowest BCUT2D eigenvalue weighted by Gasteiger charge is -2.16. The Bertz CT molecular complexity index is 811. The van der Waals surface area contributed by atoms with Gasteiger partial charge in [0.05, 0.1) is 24.0 Å². The maximum absolute atomic E-state index is 8.85. The summed E-state index contributed by atoms with van der Waals surface area (Å²) in [6.45, 7) is 3.66. The molecule has 0 saturated heterocycles. The molecule has 1 heterocycles. The van der Waals surface area contributed by atoms with Crippen LogP contribution in [0.5, 0.6) is 5.75 Å². The Labute approximate surface area is 142 Å². The van der Waals surface area contributed by atoms with Gasteiger partial charge in [0.25, 0.3) is 0 Å². The Kier molecular flexibility index (Phi) is 5.08. The summed E-state index contributed by atoms with van der Waals surface area (Å²) in [6, 6.07) is 15.9. The van der Waals surface area contributed by atoms with Gasteiger partial charge in [0, 0.05) is 12.1 Å². The molecule has 0 radical (unpaired) electrons. The molecule has 2 aromatic rings. The van der Waals surface area contributed by atoms with E-state index < -0.39 is 0 Å². The van der Waals surface area contributed by atoms with E-state index in [1.807, 2.05) is 42.5 Å².